The van der Waals surface area contributed by atoms with Crippen molar-refractivity contribution in [2.45, 2.75) is 0 Å². The maximum atomic E-state index is 14.0. The molecule has 2 aromatic heterocycles. The van der Waals surface area contributed by atoms with Crippen molar-refractivity contribution < 1.29 is 8.91 Å². The second-order valence-corrected chi connectivity index (χ2v) is 4.49. The lowest BCUT2D eigenvalue weighted by atomic mass is 10.0. The van der Waals surface area contributed by atoms with Crippen LogP contribution >= 0.6 is 11.6 Å². The molecule has 0 saturated carbocycles. The number of hydrogen-bond donors (Lipinski definition) is 1. The highest BCUT2D eigenvalue weighted by Crippen LogP contribution is 2.39. The molecule has 3 aromatic rings. The number of aromatic nitrogens is 2. The number of nitrogens with zero attached hydrogens (tertiary/aromatic N) is 2. The van der Waals surface area contributed by atoms with Crippen LogP contribution in [0.2, 0.25) is 5.02 Å². The van der Waals surface area contributed by atoms with E-state index in [9.17, 15) is 4.39 Å². The fourth-order valence-corrected chi connectivity index (χ4v) is 2.21. The summed E-state index contributed by atoms with van der Waals surface area (Å²) in [5, 5.41) is 4.05. The van der Waals surface area contributed by atoms with Crippen LogP contribution in [0.5, 0.6) is 0 Å². The van der Waals surface area contributed by atoms with Crippen LogP contribution in [0.4, 0.5) is 10.3 Å². The Kier molecular flexibility index (Phi) is 3.12. The second kappa shape index (κ2) is 4.94. The van der Waals surface area contributed by atoms with Gasteiger partial charge in [-0.2, -0.15) is 0 Å². The first-order valence-electron chi connectivity index (χ1n) is 5.79. The molecule has 2 heterocycles. The van der Waals surface area contributed by atoms with E-state index in [1.807, 2.05) is 0 Å². The molecule has 0 aliphatic rings. The molecule has 0 fully saturated rings. The average Bonchev–Trinajstić information content (AvgIpc) is 2.81. The first-order valence-corrected chi connectivity index (χ1v) is 6.17. The molecule has 0 amide bonds. The van der Waals surface area contributed by atoms with Crippen molar-refractivity contribution >= 4 is 17.5 Å². The third-order valence-corrected chi connectivity index (χ3v) is 3.15. The molecule has 1 aromatic carbocycles. The Labute approximate surface area is 119 Å². The Hall–Kier alpha value is -2.40. The molecule has 0 spiro atoms. The van der Waals surface area contributed by atoms with Crippen LogP contribution < -0.4 is 5.73 Å². The summed E-state index contributed by atoms with van der Waals surface area (Å²) < 4.78 is 19.0. The first-order chi connectivity index (χ1) is 9.68. The highest BCUT2D eigenvalue weighted by molar-refractivity contribution is 6.33. The van der Waals surface area contributed by atoms with E-state index in [-0.39, 0.29) is 22.2 Å². The van der Waals surface area contributed by atoms with E-state index in [1.54, 1.807) is 30.5 Å². The van der Waals surface area contributed by atoms with E-state index in [2.05, 4.69) is 10.1 Å². The number of benzene rings is 1. The molecule has 6 heteroatoms. The van der Waals surface area contributed by atoms with Gasteiger partial charge in [-0.05, 0) is 24.3 Å². The lowest BCUT2D eigenvalue weighted by Gasteiger charge is -2.05. The molecule has 20 heavy (non-hydrogen) atoms. The Morgan fingerprint density at radius 1 is 1.10 bits per heavy atom. The van der Waals surface area contributed by atoms with Gasteiger partial charge in [0.2, 0.25) is 5.88 Å². The summed E-state index contributed by atoms with van der Waals surface area (Å²) >= 11 is 6.05. The average molecular weight is 290 g/mol. The molecule has 2 N–H and O–H groups in total. The van der Waals surface area contributed by atoms with Crippen LogP contribution in [0.1, 0.15) is 0 Å². The van der Waals surface area contributed by atoms with Crippen molar-refractivity contribution in [3.8, 4) is 22.5 Å². The third kappa shape index (κ3) is 2.02. The van der Waals surface area contributed by atoms with Crippen LogP contribution in [0.15, 0.2) is 47.1 Å². The highest BCUT2D eigenvalue weighted by atomic mass is 35.5. The predicted octanol–water partition coefficient (Wildman–Crippen LogP) is 3.78. The summed E-state index contributed by atoms with van der Waals surface area (Å²) in [7, 11) is 0. The molecule has 0 radical (unpaired) electrons. The van der Waals surface area contributed by atoms with E-state index < -0.39 is 5.82 Å². The Bertz CT molecular complexity index is 738. The van der Waals surface area contributed by atoms with Gasteiger partial charge < -0.3 is 10.3 Å². The van der Waals surface area contributed by atoms with Crippen molar-refractivity contribution in [1.82, 2.24) is 10.1 Å². The maximum absolute atomic E-state index is 14.0. The molecule has 0 aliphatic carbocycles. The van der Waals surface area contributed by atoms with E-state index in [4.69, 9.17) is 21.9 Å². The topological polar surface area (TPSA) is 64.9 Å². The minimum absolute atomic E-state index is 0.0676. The summed E-state index contributed by atoms with van der Waals surface area (Å²) in [6.07, 6.45) is 1.61. The van der Waals surface area contributed by atoms with E-state index in [0.29, 0.717) is 11.3 Å². The van der Waals surface area contributed by atoms with Crippen LogP contribution in [-0.4, -0.2) is 10.1 Å². The number of anilines is 1. The van der Waals surface area contributed by atoms with Gasteiger partial charge >= 0.3 is 0 Å². The van der Waals surface area contributed by atoms with Crippen molar-refractivity contribution in [2.75, 3.05) is 5.73 Å². The van der Waals surface area contributed by atoms with E-state index in [0.717, 1.165) is 0 Å². The summed E-state index contributed by atoms with van der Waals surface area (Å²) in [5.41, 5.74) is 7.14. The second-order valence-electron chi connectivity index (χ2n) is 4.08. The number of halogens is 2. The summed E-state index contributed by atoms with van der Waals surface area (Å²) in [6.45, 7) is 0. The first kappa shape index (κ1) is 12.6. The van der Waals surface area contributed by atoms with Gasteiger partial charge in [0.1, 0.15) is 11.5 Å². The van der Waals surface area contributed by atoms with Crippen molar-refractivity contribution in [1.29, 1.82) is 0 Å². The zero-order valence-corrected chi connectivity index (χ0v) is 10.9. The van der Waals surface area contributed by atoms with Crippen LogP contribution in [-0.2, 0) is 0 Å². The molecule has 0 saturated heterocycles. The zero-order valence-electron chi connectivity index (χ0n) is 10.2. The van der Waals surface area contributed by atoms with Gasteiger partial charge in [0.15, 0.2) is 0 Å². The molecule has 4 nitrogen and oxygen atoms in total. The maximum Gasteiger partial charge on any atom is 0.232 e. The number of pyridine rings is 1. The van der Waals surface area contributed by atoms with Crippen LogP contribution in [0.25, 0.3) is 22.5 Å². The molecular weight excluding hydrogens is 281 g/mol. The highest BCUT2D eigenvalue weighted by Gasteiger charge is 2.22. The summed E-state index contributed by atoms with van der Waals surface area (Å²) in [6, 6.07) is 9.69. The zero-order chi connectivity index (χ0) is 14.1. The van der Waals surface area contributed by atoms with Gasteiger partial charge in [0, 0.05) is 6.20 Å². The smallest absolute Gasteiger partial charge is 0.232 e. The summed E-state index contributed by atoms with van der Waals surface area (Å²) in [5.74, 6) is -0.430. The fourth-order valence-electron chi connectivity index (χ4n) is 1.96. The normalized spacial score (nSPS) is 10.7. The molecule has 0 bridgehead atoms. The largest absolute Gasteiger partial charge is 0.367 e. The molecule has 0 atom stereocenters. The minimum Gasteiger partial charge on any atom is -0.367 e. The van der Waals surface area contributed by atoms with Gasteiger partial charge in [-0.1, -0.05) is 28.9 Å². The number of nitrogens with two attached hydrogens (primary N) is 1. The quantitative estimate of drug-likeness (QED) is 0.780. The van der Waals surface area contributed by atoms with Crippen molar-refractivity contribution in [3.63, 3.8) is 0 Å². The monoisotopic (exact) mass is 289 g/mol. The lowest BCUT2D eigenvalue weighted by molar-refractivity contribution is 0.439. The van der Waals surface area contributed by atoms with Crippen molar-refractivity contribution in [2.24, 2.45) is 0 Å². The standard InChI is InChI=1S/C14H9ClFN3O/c15-8-4-3-5-9(16)11(8)13-12(14(17)20-19-13)10-6-1-2-7-18-10/h1-7H,17H2. The van der Waals surface area contributed by atoms with Gasteiger partial charge in [-0.15, -0.1) is 0 Å². The molecule has 3 rings (SSSR count). The lowest BCUT2D eigenvalue weighted by Crippen LogP contribution is -1.92. The van der Waals surface area contributed by atoms with E-state index >= 15 is 0 Å². The predicted molar refractivity (Wildman–Crippen MR) is 74.6 cm³/mol. The van der Waals surface area contributed by atoms with Crippen LogP contribution in [0, 0.1) is 5.82 Å². The SMILES string of the molecule is Nc1onc(-c2c(F)cccc2Cl)c1-c1ccccn1. The number of hydrogen-bond acceptors (Lipinski definition) is 4. The Morgan fingerprint density at radius 2 is 1.95 bits per heavy atom. The van der Waals surface area contributed by atoms with E-state index in [1.165, 1.54) is 12.1 Å². The number of rotatable bonds is 2. The van der Waals surface area contributed by atoms with Crippen LogP contribution in [0.3, 0.4) is 0 Å². The molecule has 0 unspecified atom stereocenters. The van der Waals surface area contributed by atoms with Crippen molar-refractivity contribution in [3.05, 3.63) is 53.4 Å². The summed E-state index contributed by atoms with van der Waals surface area (Å²) in [4.78, 5) is 4.18. The van der Waals surface area contributed by atoms with Gasteiger partial charge in [0.05, 0.1) is 21.8 Å². The molecule has 100 valence electrons. The minimum atomic E-state index is -0.497. The van der Waals surface area contributed by atoms with Gasteiger partial charge in [-0.3, -0.25) is 4.98 Å². The van der Waals surface area contributed by atoms with Gasteiger partial charge in [-0.25, -0.2) is 4.39 Å². The van der Waals surface area contributed by atoms with Gasteiger partial charge in [0.25, 0.3) is 0 Å². The molecule has 0 aliphatic heterocycles. The third-order valence-electron chi connectivity index (χ3n) is 2.84. The Balaban J connectivity index is 2.27. The molecular formula is C14H9ClFN3O. The number of nitrogen functional groups attached to an aromatic ring is 1. The Morgan fingerprint density at radius 3 is 2.65 bits per heavy atom. The fraction of sp³-hybridized carbons (Fsp3) is 0.